The second-order valence-electron chi connectivity index (χ2n) is 6.18. The number of unbranched alkanes of at least 4 members (excludes halogenated alkanes) is 6. The summed E-state index contributed by atoms with van der Waals surface area (Å²) in [6.07, 6.45) is 6.38. The monoisotopic (exact) mass is 444 g/mol. The van der Waals surface area contributed by atoms with Crippen molar-refractivity contribution in [2.75, 3.05) is 0 Å². The number of rotatable bonds is 11. The summed E-state index contributed by atoms with van der Waals surface area (Å²) in [6.45, 7) is 2.08. The van der Waals surface area contributed by atoms with Crippen LogP contribution in [0.3, 0.4) is 0 Å². The molecular weight excluding hydrogens is 420 g/mol. The van der Waals surface area contributed by atoms with Gasteiger partial charge in [0.05, 0.1) is 0 Å². The third-order valence-corrected chi connectivity index (χ3v) is 7.08. The first-order chi connectivity index (χ1) is 12.3. The zero-order chi connectivity index (χ0) is 20.9. The minimum atomic E-state index is -5.38. The summed E-state index contributed by atoms with van der Waals surface area (Å²) >= 11 is 0. The molecule has 0 unspecified atom stereocenters. The number of hydrogen-bond acceptors (Lipinski definition) is 6. The summed E-state index contributed by atoms with van der Waals surface area (Å²) in [5.41, 5.74) is -0.161. The molecule has 0 saturated heterocycles. The Kier molecular flexibility index (Phi) is 8.38. The molecule has 0 fully saturated rings. The number of aryl methyl sites for hydroxylation is 1. The van der Waals surface area contributed by atoms with Gasteiger partial charge in [-0.1, -0.05) is 51.5 Å². The highest BCUT2D eigenvalue weighted by atomic mass is 32.2. The molecule has 0 bridgehead atoms. The molecule has 0 spiro atoms. The van der Waals surface area contributed by atoms with Gasteiger partial charge in [0.1, 0.15) is 14.7 Å². The van der Waals surface area contributed by atoms with E-state index in [0.717, 1.165) is 44.6 Å². The highest BCUT2D eigenvalue weighted by Crippen LogP contribution is 2.32. The Bertz CT molecular complexity index is 962. The molecule has 1 aromatic carbocycles. The molecule has 0 amide bonds. The number of benzene rings is 1. The van der Waals surface area contributed by atoms with Gasteiger partial charge in [0.15, 0.2) is 0 Å². The summed E-state index contributed by atoms with van der Waals surface area (Å²) in [4.78, 5) is -4.10. The summed E-state index contributed by atoms with van der Waals surface area (Å²) in [5.74, 6) is 0. The van der Waals surface area contributed by atoms with E-state index in [1.807, 2.05) is 0 Å². The SMILES string of the molecule is CCCCCCCCCc1ccc(S(=O)(=O)O)c(S(=O)(=O)O)c1S(=O)(=O)O. The van der Waals surface area contributed by atoms with Crippen molar-refractivity contribution in [3.05, 3.63) is 17.7 Å². The molecule has 0 atom stereocenters. The highest BCUT2D eigenvalue weighted by molar-refractivity contribution is 7.90. The first-order valence-electron chi connectivity index (χ1n) is 8.38. The zero-order valence-corrected chi connectivity index (χ0v) is 17.3. The molecule has 0 aliphatic carbocycles. The van der Waals surface area contributed by atoms with Crippen molar-refractivity contribution in [2.24, 2.45) is 0 Å². The van der Waals surface area contributed by atoms with Crippen molar-refractivity contribution in [3.63, 3.8) is 0 Å². The van der Waals surface area contributed by atoms with Crippen LogP contribution in [0.4, 0.5) is 0 Å². The molecule has 3 N–H and O–H groups in total. The Morgan fingerprint density at radius 3 is 1.59 bits per heavy atom. The highest BCUT2D eigenvalue weighted by Gasteiger charge is 2.34. The Hall–Kier alpha value is -1.05. The third kappa shape index (κ3) is 7.12. The molecule has 0 heterocycles. The second kappa shape index (κ2) is 9.43. The lowest BCUT2D eigenvalue weighted by atomic mass is 10.0. The first kappa shape index (κ1) is 24.0. The minimum absolute atomic E-state index is 0.0389. The quantitative estimate of drug-likeness (QED) is 0.344. The van der Waals surface area contributed by atoms with Crippen LogP contribution in [-0.2, 0) is 36.8 Å². The number of hydrogen-bond donors (Lipinski definition) is 3. The van der Waals surface area contributed by atoms with E-state index in [0.29, 0.717) is 12.5 Å². The standard InChI is InChI=1S/C15H24O9S3/c1-2-3-4-5-6-7-8-9-12-10-11-13(25(16,17)18)15(27(22,23)24)14(12)26(19,20)21/h10-11H,2-9H2,1H3,(H,16,17,18)(H,19,20,21)(H,22,23,24). The summed E-state index contributed by atoms with van der Waals surface area (Å²) in [5, 5.41) is 0. The van der Waals surface area contributed by atoms with Crippen molar-refractivity contribution < 1.29 is 38.9 Å². The molecule has 0 saturated carbocycles. The lowest BCUT2D eigenvalue weighted by molar-refractivity contribution is 0.454. The Morgan fingerprint density at radius 2 is 1.15 bits per heavy atom. The fraction of sp³-hybridized carbons (Fsp3) is 0.600. The van der Waals surface area contributed by atoms with Gasteiger partial charge in [-0.3, -0.25) is 13.7 Å². The minimum Gasteiger partial charge on any atom is -0.282 e. The van der Waals surface area contributed by atoms with Gasteiger partial charge in [0, 0.05) is 0 Å². The van der Waals surface area contributed by atoms with E-state index in [2.05, 4.69) is 6.92 Å². The van der Waals surface area contributed by atoms with E-state index in [-0.39, 0.29) is 12.0 Å². The first-order valence-corrected chi connectivity index (χ1v) is 12.7. The molecular formula is C15H24O9S3. The largest absolute Gasteiger partial charge is 0.297 e. The Balaban J connectivity index is 3.28. The van der Waals surface area contributed by atoms with E-state index >= 15 is 0 Å². The lowest BCUT2D eigenvalue weighted by Crippen LogP contribution is -2.16. The fourth-order valence-corrected chi connectivity index (χ4v) is 6.22. The maximum Gasteiger partial charge on any atom is 0.297 e. The van der Waals surface area contributed by atoms with Crippen LogP contribution in [0.2, 0.25) is 0 Å². The van der Waals surface area contributed by atoms with Crippen LogP contribution >= 0.6 is 0 Å². The van der Waals surface area contributed by atoms with Crippen molar-refractivity contribution >= 4 is 30.4 Å². The normalized spacial score (nSPS) is 13.0. The van der Waals surface area contributed by atoms with Gasteiger partial charge in [-0.05, 0) is 24.5 Å². The van der Waals surface area contributed by atoms with E-state index in [4.69, 9.17) is 4.55 Å². The molecule has 1 rings (SSSR count). The lowest BCUT2D eigenvalue weighted by Gasteiger charge is -2.14. The van der Waals surface area contributed by atoms with Crippen molar-refractivity contribution in [1.29, 1.82) is 0 Å². The predicted octanol–water partition coefficient (Wildman–Crippen LogP) is 2.72. The van der Waals surface area contributed by atoms with Crippen LogP contribution in [0.5, 0.6) is 0 Å². The van der Waals surface area contributed by atoms with Gasteiger partial charge in [0.25, 0.3) is 30.4 Å². The van der Waals surface area contributed by atoms with E-state index in [1.54, 1.807) is 0 Å². The molecule has 9 nitrogen and oxygen atoms in total. The fourth-order valence-electron chi connectivity index (χ4n) is 2.78. The van der Waals surface area contributed by atoms with Crippen LogP contribution in [0, 0.1) is 0 Å². The summed E-state index contributed by atoms with van der Waals surface area (Å²) in [6, 6.07) is 1.68. The van der Waals surface area contributed by atoms with Gasteiger partial charge in [0.2, 0.25) is 0 Å². The van der Waals surface area contributed by atoms with Crippen LogP contribution in [0.25, 0.3) is 0 Å². The van der Waals surface area contributed by atoms with Crippen LogP contribution in [0.1, 0.15) is 57.4 Å². The molecule has 0 aliphatic heterocycles. The average molecular weight is 445 g/mol. The van der Waals surface area contributed by atoms with Gasteiger partial charge in [-0.15, -0.1) is 0 Å². The Labute approximate surface area is 160 Å². The molecule has 1 aromatic rings. The molecule has 12 heteroatoms. The zero-order valence-electron chi connectivity index (χ0n) is 14.8. The van der Waals surface area contributed by atoms with Gasteiger partial charge < -0.3 is 0 Å². The van der Waals surface area contributed by atoms with Gasteiger partial charge in [-0.25, -0.2) is 0 Å². The van der Waals surface area contributed by atoms with E-state index in [9.17, 15) is 34.4 Å². The molecule has 0 aromatic heterocycles. The Morgan fingerprint density at radius 1 is 0.667 bits per heavy atom. The average Bonchev–Trinajstić information content (AvgIpc) is 2.50. The van der Waals surface area contributed by atoms with E-state index in [1.165, 1.54) is 0 Å². The van der Waals surface area contributed by atoms with Crippen LogP contribution in [-0.4, -0.2) is 38.9 Å². The topological polar surface area (TPSA) is 163 Å². The van der Waals surface area contributed by atoms with Crippen molar-refractivity contribution in [2.45, 2.75) is 73.0 Å². The van der Waals surface area contributed by atoms with Gasteiger partial charge in [-0.2, -0.15) is 25.3 Å². The maximum absolute atomic E-state index is 11.7. The smallest absolute Gasteiger partial charge is 0.282 e. The predicted molar refractivity (Wildman–Crippen MR) is 97.6 cm³/mol. The molecule has 0 radical (unpaired) electrons. The molecule has 156 valence electrons. The second-order valence-corrected chi connectivity index (χ2v) is 10.3. The van der Waals surface area contributed by atoms with Crippen LogP contribution in [0.15, 0.2) is 26.8 Å². The van der Waals surface area contributed by atoms with Crippen molar-refractivity contribution in [1.82, 2.24) is 0 Å². The summed E-state index contributed by atoms with van der Waals surface area (Å²) < 4.78 is 97.3. The van der Waals surface area contributed by atoms with Crippen molar-refractivity contribution in [3.8, 4) is 0 Å². The maximum atomic E-state index is 11.7. The van der Waals surface area contributed by atoms with Crippen LogP contribution < -0.4 is 0 Å². The summed E-state index contributed by atoms with van der Waals surface area (Å²) in [7, 11) is -15.7. The molecule has 27 heavy (non-hydrogen) atoms. The third-order valence-electron chi connectivity index (χ3n) is 4.00. The van der Waals surface area contributed by atoms with E-state index < -0.39 is 45.0 Å². The van der Waals surface area contributed by atoms with Gasteiger partial charge >= 0.3 is 0 Å². The molecule has 0 aliphatic rings.